The predicted molar refractivity (Wildman–Crippen MR) is 69.9 cm³/mol. The maximum atomic E-state index is 11.8. The summed E-state index contributed by atoms with van der Waals surface area (Å²) in [5.74, 6) is -1.69. The second-order valence-corrected chi connectivity index (χ2v) is 3.95. The molecule has 0 unspecified atom stereocenters. The molecule has 1 rings (SSSR count). The first-order valence-corrected chi connectivity index (χ1v) is 5.87. The number of hydrogen-bond acceptors (Lipinski definition) is 3. The second kappa shape index (κ2) is 6.53. The summed E-state index contributed by atoms with van der Waals surface area (Å²) in [6.45, 7) is 1.80. The van der Waals surface area contributed by atoms with Crippen LogP contribution < -0.4 is 10.6 Å². The lowest BCUT2D eigenvalue weighted by Crippen LogP contribution is -2.32. The van der Waals surface area contributed by atoms with Gasteiger partial charge in [-0.2, -0.15) is 0 Å². The molecule has 0 aliphatic heterocycles. The van der Waals surface area contributed by atoms with Crippen LogP contribution in [0.1, 0.15) is 30.1 Å². The van der Waals surface area contributed by atoms with Crippen LogP contribution in [0.15, 0.2) is 24.3 Å². The lowest BCUT2D eigenvalue weighted by Gasteiger charge is -2.21. The SMILES string of the molecule is CCC(=O)N(CCC(=O)O)c1ccc(C(N)=O)cc1. The third kappa shape index (κ3) is 4.09. The second-order valence-electron chi connectivity index (χ2n) is 3.95. The summed E-state index contributed by atoms with van der Waals surface area (Å²) in [6.07, 6.45) is 0.139. The van der Waals surface area contributed by atoms with E-state index in [1.165, 1.54) is 17.0 Å². The number of rotatable bonds is 6. The van der Waals surface area contributed by atoms with Gasteiger partial charge >= 0.3 is 5.97 Å². The average Bonchev–Trinajstić information content (AvgIpc) is 2.38. The topological polar surface area (TPSA) is 101 Å². The van der Waals surface area contributed by atoms with Crippen LogP contribution in [0.4, 0.5) is 5.69 Å². The van der Waals surface area contributed by atoms with Crippen molar-refractivity contribution in [2.75, 3.05) is 11.4 Å². The molecule has 6 heteroatoms. The molecule has 102 valence electrons. The van der Waals surface area contributed by atoms with Crippen LogP contribution in [0, 0.1) is 0 Å². The molecule has 3 N–H and O–H groups in total. The van der Waals surface area contributed by atoms with Crippen LogP contribution in [-0.2, 0) is 9.59 Å². The first-order chi connectivity index (χ1) is 8.95. The molecular weight excluding hydrogens is 248 g/mol. The minimum atomic E-state index is -0.970. The Morgan fingerprint density at radius 2 is 1.79 bits per heavy atom. The molecule has 0 aliphatic rings. The van der Waals surface area contributed by atoms with Crippen molar-refractivity contribution in [1.82, 2.24) is 0 Å². The molecule has 1 aromatic carbocycles. The zero-order valence-corrected chi connectivity index (χ0v) is 10.6. The number of anilines is 1. The fraction of sp³-hybridized carbons (Fsp3) is 0.308. The predicted octanol–water partition coefficient (Wildman–Crippen LogP) is 1.00. The largest absolute Gasteiger partial charge is 0.481 e. The van der Waals surface area contributed by atoms with Crippen molar-refractivity contribution in [3.05, 3.63) is 29.8 Å². The van der Waals surface area contributed by atoms with E-state index in [2.05, 4.69) is 0 Å². The van der Waals surface area contributed by atoms with Gasteiger partial charge in [-0.15, -0.1) is 0 Å². The number of aliphatic carboxylic acids is 1. The summed E-state index contributed by atoms with van der Waals surface area (Å²) in [4.78, 5) is 34.7. The Bertz CT molecular complexity index is 482. The van der Waals surface area contributed by atoms with Gasteiger partial charge in [0.15, 0.2) is 0 Å². The number of benzene rings is 1. The van der Waals surface area contributed by atoms with E-state index < -0.39 is 11.9 Å². The van der Waals surface area contributed by atoms with Gasteiger partial charge in [0.2, 0.25) is 11.8 Å². The normalized spacial score (nSPS) is 9.95. The molecule has 0 fully saturated rings. The summed E-state index contributed by atoms with van der Waals surface area (Å²) in [7, 11) is 0. The number of carbonyl (C=O) groups excluding carboxylic acids is 2. The van der Waals surface area contributed by atoms with Crippen molar-refractivity contribution in [2.45, 2.75) is 19.8 Å². The molecule has 2 amide bonds. The Labute approximate surface area is 110 Å². The third-order valence-corrected chi connectivity index (χ3v) is 2.62. The Morgan fingerprint density at radius 1 is 1.21 bits per heavy atom. The van der Waals surface area contributed by atoms with Crippen molar-refractivity contribution >= 4 is 23.5 Å². The minimum Gasteiger partial charge on any atom is -0.481 e. The van der Waals surface area contributed by atoms with E-state index in [0.717, 1.165) is 0 Å². The van der Waals surface area contributed by atoms with Gasteiger partial charge in [0.25, 0.3) is 0 Å². The van der Waals surface area contributed by atoms with E-state index in [1.54, 1.807) is 19.1 Å². The highest BCUT2D eigenvalue weighted by Crippen LogP contribution is 2.16. The molecule has 19 heavy (non-hydrogen) atoms. The molecule has 0 radical (unpaired) electrons. The van der Waals surface area contributed by atoms with Gasteiger partial charge in [0.05, 0.1) is 6.42 Å². The minimum absolute atomic E-state index is 0.0952. The quantitative estimate of drug-likeness (QED) is 0.800. The van der Waals surface area contributed by atoms with Crippen LogP contribution in [0.3, 0.4) is 0 Å². The molecule has 0 aromatic heterocycles. The smallest absolute Gasteiger partial charge is 0.305 e. The first kappa shape index (κ1) is 14.7. The molecule has 0 heterocycles. The molecule has 1 aromatic rings. The molecule has 0 saturated heterocycles. The summed E-state index contributed by atoms with van der Waals surface area (Å²) >= 11 is 0. The fourth-order valence-corrected chi connectivity index (χ4v) is 1.60. The number of amides is 2. The molecule has 0 atom stereocenters. The van der Waals surface area contributed by atoms with Gasteiger partial charge in [-0.1, -0.05) is 6.92 Å². The molecule has 0 bridgehead atoms. The molecule has 0 spiro atoms. The maximum absolute atomic E-state index is 11.8. The van der Waals surface area contributed by atoms with Crippen molar-refractivity contribution in [1.29, 1.82) is 0 Å². The lowest BCUT2D eigenvalue weighted by molar-refractivity contribution is -0.136. The Hall–Kier alpha value is -2.37. The van der Waals surface area contributed by atoms with Gasteiger partial charge in [-0.3, -0.25) is 14.4 Å². The summed E-state index contributed by atoms with van der Waals surface area (Å²) in [6, 6.07) is 6.17. The summed E-state index contributed by atoms with van der Waals surface area (Å²) in [5.41, 5.74) is 6.02. The molecule has 0 aliphatic carbocycles. The average molecular weight is 264 g/mol. The van der Waals surface area contributed by atoms with Crippen molar-refractivity contribution in [3.63, 3.8) is 0 Å². The van der Waals surface area contributed by atoms with Crippen molar-refractivity contribution < 1.29 is 19.5 Å². The van der Waals surface area contributed by atoms with E-state index in [9.17, 15) is 14.4 Å². The number of carboxylic acids is 1. The fourth-order valence-electron chi connectivity index (χ4n) is 1.60. The van der Waals surface area contributed by atoms with Crippen molar-refractivity contribution in [2.24, 2.45) is 5.73 Å². The Kier molecular flexibility index (Phi) is 5.05. The molecule has 0 saturated carbocycles. The van der Waals surface area contributed by atoms with E-state index >= 15 is 0 Å². The van der Waals surface area contributed by atoms with Crippen LogP contribution in [0.2, 0.25) is 0 Å². The van der Waals surface area contributed by atoms with Crippen molar-refractivity contribution in [3.8, 4) is 0 Å². The highest BCUT2D eigenvalue weighted by atomic mass is 16.4. The highest BCUT2D eigenvalue weighted by Gasteiger charge is 2.15. The maximum Gasteiger partial charge on any atom is 0.305 e. The van der Waals surface area contributed by atoms with Crippen LogP contribution in [0.25, 0.3) is 0 Å². The standard InChI is InChI=1S/C13H16N2O4/c1-2-11(16)15(8-7-12(17)18)10-5-3-9(4-6-10)13(14)19/h3-6H,2,7-8H2,1H3,(H2,14,19)(H,17,18). The number of primary amides is 1. The van der Waals surface area contributed by atoms with E-state index in [4.69, 9.17) is 10.8 Å². The van der Waals surface area contributed by atoms with Gasteiger partial charge in [0.1, 0.15) is 0 Å². The van der Waals surface area contributed by atoms with Gasteiger partial charge in [0, 0.05) is 24.2 Å². The van der Waals surface area contributed by atoms with E-state index in [0.29, 0.717) is 11.3 Å². The summed E-state index contributed by atoms with van der Waals surface area (Å²) in [5, 5.41) is 8.68. The Balaban J connectivity index is 2.93. The van der Waals surface area contributed by atoms with E-state index in [1.807, 2.05) is 0 Å². The lowest BCUT2D eigenvalue weighted by atomic mass is 10.1. The third-order valence-electron chi connectivity index (χ3n) is 2.62. The van der Waals surface area contributed by atoms with Crippen LogP contribution >= 0.6 is 0 Å². The zero-order valence-electron chi connectivity index (χ0n) is 10.6. The van der Waals surface area contributed by atoms with Gasteiger partial charge < -0.3 is 15.7 Å². The zero-order chi connectivity index (χ0) is 14.4. The monoisotopic (exact) mass is 264 g/mol. The Morgan fingerprint density at radius 3 is 2.21 bits per heavy atom. The molecular formula is C13H16N2O4. The van der Waals surface area contributed by atoms with Gasteiger partial charge in [-0.25, -0.2) is 0 Å². The first-order valence-electron chi connectivity index (χ1n) is 5.87. The highest BCUT2D eigenvalue weighted by molar-refractivity contribution is 5.96. The number of nitrogens with zero attached hydrogens (tertiary/aromatic N) is 1. The van der Waals surface area contributed by atoms with Crippen LogP contribution in [-0.4, -0.2) is 29.4 Å². The van der Waals surface area contributed by atoms with Crippen LogP contribution in [0.5, 0.6) is 0 Å². The summed E-state index contributed by atoms with van der Waals surface area (Å²) < 4.78 is 0. The number of nitrogens with two attached hydrogens (primary N) is 1. The van der Waals surface area contributed by atoms with Gasteiger partial charge in [-0.05, 0) is 24.3 Å². The number of carbonyl (C=O) groups is 3. The van der Waals surface area contributed by atoms with E-state index in [-0.39, 0.29) is 25.3 Å². The molecule has 6 nitrogen and oxygen atoms in total. The number of hydrogen-bond donors (Lipinski definition) is 2. The number of carboxylic acid groups (broad SMARTS) is 1.